The average Bonchev–Trinajstić information content (AvgIpc) is 3.29. The first-order valence-electron chi connectivity index (χ1n) is 9.30. The van der Waals surface area contributed by atoms with Gasteiger partial charge in [-0.15, -0.1) is 0 Å². The van der Waals surface area contributed by atoms with Crippen molar-refractivity contribution in [3.05, 3.63) is 46.9 Å². The Morgan fingerprint density at radius 1 is 1.43 bits per heavy atom. The maximum absolute atomic E-state index is 12.3. The molecule has 0 fully saturated rings. The first kappa shape index (κ1) is 20.3. The molecule has 0 radical (unpaired) electrons. The van der Waals surface area contributed by atoms with Gasteiger partial charge in [-0.3, -0.25) is 5.10 Å². The molecule has 0 bridgehead atoms. The molecule has 1 aliphatic heterocycles. The topological polar surface area (TPSA) is 117 Å². The number of hydroxylamine groups is 1. The van der Waals surface area contributed by atoms with Gasteiger partial charge in [-0.1, -0.05) is 19.9 Å². The Balaban J connectivity index is 1.66. The van der Waals surface area contributed by atoms with Crippen LogP contribution < -0.4 is 15.1 Å². The molecule has 1 aliphatic rings. The molecule has 2 heterocycles. The van der Waals surface area contributed by atoms with Gasteiger partial charge in [0.25, 0.3) is 0 Å². The van der Waals surface area contributed by atoms with E-state index in [0.717, 1.165) is 21.9 Å². The van der Waals surface area contributed by atoms with Crippen LogP contribution in [0.5, 0.6) is 5.75 Å². The number of benzene rings is 1. The molecule has 1 aromatic carbocycles. The second-order valence-corrected chi connectivity index (χ2v) is 7.79. The van der Waals surface area contributed by atoms with Crippen LogP contribution in [-0.2, 0) is 0 Å². The first-order valence-corrected chi connectivity index (χ1v) is 9.30. The molecular weight excluding hydrogens is 360 g/mol. The van der Waals surface area contributed by atoms with E-state index in [4.69, 9.17) is 4.74 Å². The Morgan fingerprint density at radius 3 is 2.96 bits per heavy atom. The van der Waals surface area contributed by atoms with E-state index in [9.17, 15) is 15.4 Å². The predicted octanol–water partition coefficient (Wildman–Crippen LogP) is 1.62. The van der Waals surface area contributed by atoms with Crippen molar-refractivity contribution in [3.8, 4) is 5.75 Å². The summed E-state index contributed by atoms with van der Waals surface area (Å²) in [4.78, 5) is 0. The molecule has 1 unspecified atom stereocenters. The number of nitrogens with one attached hydrogen (secondary N) is 2. The van der Waals surface area contributed by atoms with Crippen molar-refractivity contribution in [2.75, 3.05) is 37.9 Å². The fourth-order valence-electron chi connectivity index (χ4n) is 3.02. The van der Waals surface area contributed by atoms with Crippen molar-refractivity contribution in [2.24, 2.45) is 5.41 Å². The molecule has 0 aliphatic carbocycles. The molecule has 4 N–H and O–H groups in total. The van der Waals surface area contributed by atoms with Crippen molar-refractivity contribution in [2.45, 2.75) is 20.0 Å². The third kappa shape index (κ3) is 4.90. The lowest BCUT2D eigenvalue weighted by molar-refractivity contribution is 0.0979. The number of aliphatic hydroxyl groups excluding tert-OH is 2. The van der Waals surface area contributed by atoms with Crippen LogP contribution in [0.4, 0.5) is 5.69 Å². The second kappa shape index (κ2) is 8.74. The van der Waals surface area contributed by atoms with E-state index in [0.29, 0.717) is 24.5 Å². The van der Waals surface area contributed by atoms with Crippen molar-refractivity contribution in [1.82, 2.24) is 15.5 Å². The highest BCUT2D eigenvalue weighted by Gasteiger charge is 2.23. The number of hydrogen-bond donors (Lipinski definition) is 4. The van der Waals surface area contributed by atoms with Crippen LogP contribution in [0.15, 0.2) is 30.5 Å². The molecular formula is C20H27N4O4-. The lowest BCUT2D eigenvalue weighted by Crippen LogP contribution is -2.38. The van der Waals surface area contributed by atoms with Gasteiger partial charge in [-0.2, -0.15) is 5.10 Å². The molecule has 0 saturated heterocycles. The van der Waals surface area contributed by atoms with Gasteiger partial charge in [0.05, 0.1) is 5.69 Å². The normalized spacial score (nSPS) is 16.5. The van der Waals surface area contributed by atoms with Crippen LogP contribution in [0.2, 0.25) is 0 Å². The number of H-pyrrole nitrogens is 1. The number of aromatic nitrogens is 2. The summed E-state index contributed by atoms with van der Waals surface area (Å²) in [7, 11) is 0. The molecule has 0 amide bonds. The summed E-state index contributed by atoms with van der Waals surface area (Å²) in [6.07, 6.45) is 2.82. The average molecular weight is 387 g/mol. The van der Waals surface area contributed by atoms with Gasteiger partial charge in [0, 0.05) is 49.1 Å². The van der Waals surface area contributed by atoms with Crippen molar-refractivity contribution < 1.29 is 14.9 Å². The van der Waals surface area contributed by atoms with Crippen LogP contribution in [0.25, 0.3) is 11.6 Å². The zero-order valence-corrected chi connectivity index (χ0v) is 16.2. The Labute approximate surface area is 164 Å². The van der Waals surface area contributed by atoms with E-state index in [1.807, 2.05) is 26.0 Å². The molecule has 1 atom stereocenters. The van der Waals surface area contributed by atoms with Crippen molar-refractivity contribution in [1.29, 1.82) is 0 Å². The Hall–Kier alpha value is -2.39. The van der Waals surface area contributed by atoms with Gasteiger partial charge in [0.15, 0.2) is 0 Å². The summed E-state index contributed by atoms with van der Waals surface area (Å²) in [5, 5.41) is 42.6. The number of ether oxygens (including phenoxy) is 1. The minimum atomic E-state index is -0.713. The highest BCUT2D eigenvalue weighted by atomic mass is 16.5. The monoisotopic (exact) mass is 387 g/mol. The lowest BCUT2D eigenvalue weighted by Gasteiger charge is -2.25. The van der Waals surface area contributed by atoms with Gasteiger partial charge in [0.1, 0.15) is 18.5 Å². The quantitative estimate of drug-likeness (QED) is 0.516. The van der Waals surface area contributed by atoms with E-state index in [1.54, 1.807) is 24.4 Å². The smallest absolute Gasteiger partial charge is 0.129 e. The SMILES string of the molecule is CC(C)(CO)CNCC(O)COc1cccc2c1C(=Cc1ccn[nH]1)CN2[O-]. The zero-order valence-electron chi connectivity index (χ0n) is 16.2. The van der Waals surface area contributed by atoms with Crippen molar-refractivity contribution >= 4 is 17.3 Å². The van der Waals surface area contributed by atoms with Crippen molar-refractivity contribution in [3.63, 3.8) is 0 Å². The fraction of sp³-hybridized carbons (Fsp3) is 0.450. The van der Waals surface area contributed by atoms with E-state index in [2.05, 4.69) is 15.5 Å². The summed E-state index contributed by atoms with van der Waals surface area (Å²) in [5.41, 5.74) is 2.70. The molecule has 0 saturated carbocycles. The van der Waals surface area contributed by atoms with Crippen LogP contribution in [0.1, 0.15) is 25.1 Å². The minimum Gasteiger partial charge on any atom is -0.758 e. The van der Waals surface area contributed by atoms with Crippen LogP contribution in [0.3, 0.4) is 0 Å². The lowest BCUT2D eigenvalue weighted by atomic mass is 9.95. The molecule has 8 nitrogen and oxygen atoms in total. The number of aliphatic hydroxyl groups is 2. The Kier molecular flexibility index (Phi) is 6.35. The zero-order chi connectivity index (χ0) is 20.1. The molecule has 1 aromatic heterocycles. The van der Waals surface area contributed by atoms with Gasteiger partial charge in [0.2, 0.25) is 0 Å². The van der Waals surface area contributed by atoms with E-state index < -0.39 is 6.10 Å². The number of nitrogens with zero attached hydrogens (tertiary/aromatic N) is 2. The van der Waals surface area contributed by atoms with Gasteiger partial charge >= 0.3 is 0 Å². The van der Waals surface area contributed by atoms with Gasteiger partial charge in [-0.25, -0.2) is 0 Å². The van der Waals surface area contributed by atoms with Crippen LogP contribution in [-0.4, -0.2) is 59.4 Å². The van der Waals surface area contributed by atoms with Gasteiger partial charge < -0.3 is 30.5 Å². The standard InChI is InChI=1S/C20H27N4O4/c1-20(2,13-25)12-21-9-16(26)11-28-18-5-3-4-17-19(18)14(10-24(17)27)8-15-6-7-22-23-15/h3-8,16,21,25-26H,9-13H2,1-2H3,(H,22,23)/q-1. The highest BCUT2D eigenvalue weighted by molar-refractivity contribution is 5.95. The van der Waals surface area contributed by atoms with E-state index >= 15 is 0 Å². The Morgan fingerprint density at radius 2 is 2.25 bits per heavy atom. The highest BCUT2D eigenvalue weighted by Crippen LogP contribution is 2.42. The Bertz CT molecular complexity index is 805. The van der Waals surface area contributed by atoms with E-state index in [1.165, 1.54) is 0 Å². The number of hydrogen-bond acceptors (Lipinski definition) is 7. The predicted molar refractivity (Wildman–Crippen MR) is 109 cm³/mol. The summed E-state index contributed by atoms with van der Waals surface area (Å²) >= 11 is 0. The first-order chi connectivity index (χ1) is 13.4. The summed E-state index contributed by atoms with van der Waals surface area (Å²) in [6, 6.07) is 7.16. The maximum atomic E-state index is 12.3. The molecule has 3 rings (SSSR count). The molecule has 28 heavy (non-hydrogen) atoms. The third-order valence-corrected chi connectivity index (χ3v) is 4.60. The second-order valence-electron chi connectivity index (χ2n) is 7.79. The van der Waals surface area contributed by atoms with Gasteiger partial charge in [-0.05, 0) is 29.8 Å². The molecule has 0 spiro atoms. The third-order valence-electron chi connectivity index (χ3n) is 4.60. The number of rotatable bonds is 9. The van der Waals surface area contributed by atoms with E-state index in [-0.39, 0.29) is 25.2 Å². The summed E-state index contributed by atoms with van der Waals surface area (Å²) in [5.74, 6) is 0.566. The summed E-state index contributed by atoms with van der Waals surface area (Å²) in [6.45, 7) is 5.22. The number of anilines is 1. The number of aromatic amines is 1. The van der Waals surface area contributed by atoms with Crippen LogP contribution >= 0.6 is 0 Å². The van der Waals surface area contributed by atoms with Crippen LogP contribution in [0, 0.1) is 10.6 Å². The largest absolute Gasteiger partial charge is 0.758 e. The molecule has 2 aromatic rings. The minimum absolute atomic E-state index is 0.0693. The number of fused-ring (bicyclic) bond motifs is 1. The summed E-state index contributed by atoms with van der Waals surface area (Å²) < 4.78 is 5.85. The maximum Gasteiger partial charge on any atom is 0.129 e. The molecule has 152 valence electrons. The molecule has 8 heteroatoms. The fourth-order valence-corrected chi connectivity index (χ4v) is 3.02.